The summed E-state index contributed by atoms with van der Waals surface area (Å²) >= 11 is 1.59. The molecular weight excluding hydrogens is 474 g/mol. The molecule has 1 aliphatic rings. The van der Waals surface area contributed by atoms with Gasteiger partial charge in [-0.25, -0.2) is 4.98 Å². The average molecular weight is 514 g/mol. The summed E-state index contributed by atoms with van der Waals surface area (Å²) in [6.45, 7) is 13.4. The van der Waals surface area contributed by atoms with Crippen molar-refractivity contribution in [2.45, 2.75) is 80.0 Å². The van der Waals surface area contributed by atoms with Gasteiger partial charge in [0.2, 0.25) is 11.8 Å². The van der Waals surface area contributed by atoms with Crippen molar-refractivity contribution in [1.82, 2.24) is 15.6 Å². The minimum Gasteiger partial charge on any atom is -0.393 e. The number of carbonyl (C=O) groups is 3. The Hall–Kier alpha value is -2.58. The fourth-order valence-corrected chi connectivity index (χ4v) is 5.38. The van der Waals surface area contributed by atoms with E-state index < -0.39 is 34.8 Å². The van der Waals surface area contributed by atoms with Gasteiger partial charge in [-0.1, -0.05) is 65.8 Å². The van der Waals surface area contributed by atoms with Gasteiger partial charge in [0.05, 0.1) is 34.1 Å². The number of aliphatic hydroxyl groups is 1. The molecule has 3 N–H and O–H groups in total. The molecule has 4 atom stereocenters. The third kappa shape index (κ3) is 6.59. The molecule has 196 valence electrons. The average Bonchev–Trinajstić information content (AvgIpc) is 3.39. The molecule has 0 bridgehead atoms. The molecule has 36 heavy (non-hydrogen) atoms. The first-order chi connectivity index (χ1) is 16.7. The Morgan fingerprint density at radius 1 is 1.06 bits per heavy atom. The monoisotopic (exact) mass is 513 g/mol. The molecule has 0 spiro atoms. The first-order valence-corrected chi connectivity index (χ1v) is 13.4. The van der Waals surface area contributed by atoms with Gasteiger partial charge in [-0.2, -0.15) is 0 Å². The summed E-state index contributed by atoms with van der Waals surface area (Å²) in [7, 11) is 0. The maximum Gasteiger partial charge on any atom is 0.225 e. The van der Waals surface area contributed by atoms with E-state index in [0.29, 0.717) is 6.54 Å². The van der Waals surface area contributed by atoms with Crippen molar-refractivity contribution in [2.24, 2.45) is 22.7 Å². The quantitative estimate of drug-likeness (QED) is 0.512. The van der Waals surface area contributed by atoms with Crippen molar-refractivity contribution in [2.75, 3.05) is 0 Å². The van der Waals surface area contributed by atoms with Crippen molar-refractivity contribution in [1.29, 1.82) is 0 Å². The van der Waals surface area contributed by atoms with Crippen molar-refractivity contribution < 1.29 is 19.5 Å². The van der Waals surface area contributed by atoms with E-state index >= 15 is 0 Å². The number of aromatic nitrogens is 1. The van der Waals surface area contributed by atoms with Crippen LogP contribution in [0.3, 0.4) is 0 Å². The number of nitrogens with zero attached hydrogens (tertiary/aromatic N) is 1. The third-order valence-corrected chi connectivity index (χ3v) is 7.75. The van der Waals surface area contributed by atoms with Crippen LogP contribution in [-0.4, -0.2) is 39.8 Å². The van der Waals surface area contributed by atoms with Crippen LogP contribution in [0.25, 0.3) is 10.4 Å². The van der Waals surface area contributed by atoms with Crippen LogP contribution in [0, 0.1) is 29.6 Å². The molecule has 1 unspecified atom stereocenters. The van der Waals surface area contributed by atoms with E-state index in [2.05, 4.69) is 15.6 Å². The van der Waals surface area contributed by atoms with Crippen LogP contribution in [-0.2, 0) is 20.9 Å². The second-order valence-electron chi connectivity index (χ2n) is 11.9. The van der Waals surface area contributed by atoms with E-state index in [1.807, 2.05) is 57.5 Å². The molecule has 1 fully saturated rings. The summed E-state index contributed by atoms with van der Waals surface area (Å²) in [6.07, 6.45) is -0.274. The zero-order chi connectivity index (χ0) is 26.8. The molecule has 0 aliphatic heterocycles. The summed E-state index contributed by atoms with van der Waals surface area (Å²) in [6, 6.07) is 7.22. The molecule has 3 rings (SSSR count). The number of thiazole rings is 1. The van der Waals surface area contributed by atoms with Crippen LogP contribution in [0.5, 0.6) is 0 Å². The van der Waals surface area contributed by atoms with E-state index in [-0.39, 0.29) is 30.4 Å². The molecule has 0 radical (unpaired) electrons. The molecule has 8 heteroatoms. The van der Waals surface area contributed by atoms with Gasteiger partial charge in [0.15, 0.2) is 5.78 Å². The maximum absolute atomic E-state index is 13.7. The molecular formula is C28H39N3O4S. The van der Waals surface area contributed by atoms with Gasteiger partial charge in [-0.05, 0) is 36.3 Å². The van der Waals surface area contributed by atoms with Crippen LogP contribution in [0.4, 0.5) is 0 Å². The Balaban J connectivity index is 1.69. The lowest BCUT2D eigenvalue weighted by atomic mass is 9.76. The SMILES string of the molecule is Cc1ncsc1-c1ccc(CNC(=O)[C@H]2C[C@H](O)CC2C(=O)[C@H](NC(=O)C(C)(C)C)C(C)(C)C)cc1. The Bertz CT molecular complexity index is 1100. The number of hydrogen-bond donors (Lipinski definition) is 3. The molecule has 0 saturated heterocycles. The maximum atomic E-state index is 13.7. The van der Waals surface area contributed by atoms with Crippen LogP contribution in [0.15, 0.2) is 29.8 Å². The lowest BCUT2D eigenvalue weighted by Gasteiger charge is -2.35. The topological polar surface area (TPSA) is 108 Å². The number of benzene rings is 1. The van der Waals surface area contributed by atoms with Crippen molar-refractivity contribution in [3.63, 3.8) is 0 Å². The summed E-state index contributed by atoms with van der Waals surface area (Å²) in [4.78, 5) is 44.9. The highest BCUT2D eigenvalue weighted by Crippen LogP contribution is 2.37. The number of hydrogen-bond acceptors (Lipinski definition) is 6. The zero-order valence-corrected chi connectivity index (χ0v) is 23.2. The second-order valence-corrected chi connectivity index (χ2v) is 12.8. The minimum atomic E-state index is -0.752. The minimum absolute atomic E-state index is 0.193. The number of Topliss-reactive ketones (excluding diaryl/α,β-unsaturated/α-hetero) is 1. The highest BCUT2D eigenvalue weighted by Gasteiger charge is 2.47. The van der Waals surface area contributed by atoms with E-state index in [1.165, 1.54) is 0 Å². The Morgan fingerprint density at radius 2 is 1.67 bits per heavy atom. The fraction of sp³-hybridized carbons (Fsp3) is 0.571. The van der Waals surface area contributed by atoms with Crippen LogP contribution < -0.4 is 10.6 Å². The number of rotatable bonds is 7. The van der Waals surface area contributed by atoms with Gasteiger partial charge in [0, 0.05) is 17.9 Å². The molecule has 2 amide bonds. The Labute approximate surface area is 218 Å². The third-order valence-electron chi connectivity index (χ3n) is 6.78. The molecule has 1 aliphatic carbocycles. The second kappa shape index (κ2) is 10.8. The summed E-state index contributed by atoms with van der Waals surface area (Å²) in [5.74, 6) is -1.94. The summed E-state index contributed by atoms with van der Waals surface area (Å²) in [5, 5.41) is 16.2. The van der Waals surface area contributed by atoms with Gasteiger partial charge in [0.25, 0.3) is 0 Å². The van der Waals surface area contributed by atoms with Gasteiger partial charge in [0.1, 0.15) is 0 Å². The summed E-state index contributed by atoms with van der Waals surface area (Å²) < 4.78 is 0. The molecule has 1 saturated carbocycles. The van der Waals surface area contributed by atoms with Crippen LogP contribution in [0.1, 0.15) is 65.6 Å². The molecule has 1 aromatic heterocycles. The Kier molecular flexibility index (Phi) is 8.41. The van der Waals surface area contributed by atoms with Gasteiger partial charge < -0.3 is 15.7 Å². The number of amides is 2. The lowest BCUT2D eigenvalue weighted by molar-refractivity contribution is -0.139. The van der Waals surface area contributed by atoms with Gasteiger partial charge in [-0.15, -0.1) is 11.3 Å². The van der Waals surface area contributed by atoms with Crippen molar-refractivity contribution >= 4 is 28.9 Å². The van der Waals surface area contributed by atoms with Gasteiger partial charge >= 0.3 is 0 Å². The predicted molar refractivity (Wildman–Crippen MR) is 142 cm³/mol. The Morgan fingerprint density at radius 3 is 2.19 bits per heavy atom. The fourth-order valence-electron chi connectivity index (χ4n) is 4.56. The van der Waals surface area contributed by atoms with E-state index in [4.69, 9.17) is 0 Å². The number of aryl methyl sites for hydroxylation is 1. The highest BCUT2D eigenvalue weighted by atomic mass is 32.1. The highest BCUT2D eigenvalue weighted by molar-refractivity contribution is 7.13. The number of nitrogens with one attached hydrogen (secondary N) is 2. The molecule has 1 aromatic carbocycles. The number of aliphatic hydroxyl groups excluding tert-OH is 1. The molecule has 1 heterocycles. The molecule has 7 nitrogen and oxygen atoms in total. The zero-order valence-electron chi connectivity index (χ0n) is 22.3. The number of ketones is 1. The lowest BCUT2D eigenvalue weighted by Crippen LogP contribution is -2.54. The van der Waals surface area contributed by atoms with E-state index in [9.17, 15) is 19.5 Å². The smallest absolute Gasteiger partial charge is 0.225 e. The predicted octanol–water partition coefficient (Wildman–Crippen LogP) is 4.27. The van der Waals surface area contributed by atoms with Crippen LogP contribution >= 0.6 is 11.3 Å². The van der Waals surface area contributed by atoms with E-state index in [0.717, 1.165) is 21.7 Å². The van der Waals surface area contributed by atoms with E-state index in [1.54, 1.807) is 32.1 Å². The van der Waals surface area contributed by atoms with Gasteiger partial charge in [-0.3, -0.25) is 14.4 Å². The summed E-state index contributed by atoms with van der Waals surface area (Å²) in [5.41, 5.74) is 3.66. The number of carbonyl (C=O) groups excluding carboxylic acids is 3. The van der Waals surface area contributed by atoms with Crippen molar-refractivity contribution in [3.05, 3.63) is 41.0 Å². The molecule has 2 aromatic rings. The van der Waals surface area contributed by atoms with Crippen molar-refractivity contribution in [3.8, 4) is 10.4 Å². The first kappa shape index (κ1) is 28.0. The normalized spacial score (nSPS) is 21.2. The standard InChI is InChI=1S/C28H39N3O4S/c1-16-23(36-15-30-16)18-10-8-17(9-11-18)14-29-25(34)21-13-19(32)12-20(21)22(33)24(27(2,3)4)31-26(35)28(5,6)7/h8-11,15,19-21,24,32H,12-14H2,1-7H3,(H,29,34)(H,31,35)/t19-,20?,21+,24+/m1/s1. The first-order valence-electron chi connectivity index (χ1n) is 12.5. The largest absolute Gasteiger partial charge is 0.393 e. The van der Waals surface area contributed by atoms with Crippen LogP contribution in [0.2, 0.25) is 0 Å².